The van der Waals surface area contributed by atoms with Crippen LogP contribution in [0, 0.1) is 11.2 Å². The number of amides is 2. The van der Waals surface area contributed by atoms with Gasteiger partial charge < -0.3 is 10.6 Å². The fourth-order valence-corrected chi connectivity index (χ4v) is 4.89. The van der Waals surface area contributed by atoms with Gasteiger partial charge in [-0.2, -0.15) is 0 Å². The molecule has 0 atom stereocenters. The molecule has 3 fully saturated rings. The monoisotopic (exact) mass is 408 g/mol. The summed E-state index contributed by atoms with van der Waals surface area (Å²) in [6.45, 7) is 6.33. The van der Waals surface area contributed by atoms with E-state index in [2.05, 4.69) is 27.4 Å². The molecule has 6 nitrogen and oxygen atoms in total. The molecule has 152 valence electrons. The largest absolute Gasteiger partial charge is 0.350 e. The molecule has 1 saturated carbocycles. The van der Waals surface area contributed by atoms with Crippen molar-refractivity contribution in [3.63, 3.8) is 0 Å². The molecule has 4 rings (SSSR count). The summed E-state index contributed by atoms with van der Waals surface area (Å²) in [5.74, 6) is -0.544. The molecule has 28 heavy (non-hydrogen) atoms. The third-order valence-electron chi connectivity index (χ3n) is 6.02. The summed E-state index contributed by atoms with van der Waals surface area (Å²) < 4.78 is 13.3. The van der Waals surface area contributed by atoms with Crippen LogP contribution in [-0.2, 0) is 9.59 Å². The summed E-state index contributed by atoms with van der Waals surface area (Å²) in [5, 5.41) is 6.08. The van der Waals surface area contributed by atoms with Crippen molar-refractivity contribution in [2.24, 2.45) is 5.41 Å². The summed E-state index contributed by atoms with van der Waals surface area (Å²) >= 11 is 5.80. The first kappa shape index (κ1) is 19.6. The Kier molecular flexibility index (Phi) is 5.10. The van der Waals surface area contributed by atoms with E-state index >= 15 is 0 Å². The SMILES string of the molecule is CC1(NC(=O)CN2CC3(CN(CC(=O)Nc4cc(F)cc(Cl)c4)C3)C2)CCC1. The Labute approximate surface area is 169 Å². The van der Waals surface area contributed by atoms with Crippen LogP contribution in [0.2, 0.25) is 5.02 Å². The standard InChI is InChI=1S/C20H26ClFN4O2/c1-19(3-2-4-19)24-18(28)9-26-12-20(13-26)10-25(11-20)8-17(27)23-16-6-14(21)5-15(22)7-16/h5-7H,2-4,8-13H2,1H3,(H,23,27)(H,24,28). The van der Waals surface area contributed by atoms with Gasteiger partial charge in [0.1, 0.15) is 5.82 Å². The second-order valence-corrected chi connectivity index (χ2v) is 9.40. The number of carbonyl (C=O) groups is 2. The second-order valence-electron chi connectivity index (χ2n) is 8.96. The lowest BCUT2D eigenvalue weighted by Crippen LogP contribution is -2.73. The molecular formula is C20H26ClFN4O2. The number of nitrogens with zero attached hydrogens (tertiary/aromatic N) is 2. The first-order chi connectivity index (χ1) is 13.2. The molecule has 2 saturated heterocycles. The van der Waals surface area contributed by atoms with Gasteiger partial charge >= 0.3 is 0 Å². The minimum atomic E-state index is -0.476. The summed E-state index contributed by atoms with van der Waals surface area (Å²) in [6.07, 6.45) is 3.34. The molecule has 8 heteroatoms. The van der Waals surface area contributed by atoms with Crippen LogP contribution in [0.1, 0.15) is 26.2 Å². The van der Waals surface area contributed by atoms with Gasteiger partial charge in [0.15, 0.2) is 0 Å². The van der Waals surface area contributed by atoms with Gasteiger partial charge in [-0.3, -0.25) is 19.4 Å². The van der Waals surface area contributed by atoms with Crippen LogP contribution < -0.4 is 10.6 Å². The van der Waals surface area contributed by atoms with Crippen LogP contribution in [0.15, 0.2) is 18.2 Å². The summed E-state index contributed by atoms with van der Waals surface area (Å²) in [4.78, 5) is 28.5. The highest BCUT2D eigenvalue weighted by Crippen LogP contribution is 2.39. The maximum atomic E-state index is 13.3. The van der Waals surface area contributed by atoms with Crippen molar-refractivity contribution in [2.75, 3.05) is 44.6 Å². The lowest BCUT2D eigenvalue weighted by Gasteiger charge is -2.60. The highest BCUT2D eigenvalue weighted by molar-refractivity contribution is 6.30. The highest BCUT2D eigenvalue weighted by Gasteiger charge is 2.52. The number of benzene rings is 1. The number of carbonyl (C=O) groups excluding carboxylic acids is 2. The van der Waals surface area contributed by atoms with Crippen LogP contribution >= 0.6 is 11.6 Å². The van der Waals surface area contributed by atoms with E-state index < -0.39 is 5.82 Å². The molecule has 0 aromatic heterocycles. The Morgan fingerprint density at radius 1 is 1.07 bits per heavy atom. The maximum Gasteiger partial charge on any atom is 0.238 e. The molecule has 2 amide bonds. The van der Waals surface area contributed by atoms with E-state index in [0.717, 1.165) is 39.0 Å². The molecular weight excluding hydrogens is 383 g/mol. The fraction of sp³-hybridized carbons (Fsp3) is 0.600. The molecule has 0 unspecified atom stereocenters. The zero-order valence-corrected chi connectivity index (χ0v) is 16.8. The van der Waals surface area contributed by atoms with Crippen molar-refractivity contribution in [1.82, 2.24) is 15.1 Å². The van der Waals surface area contributed by atoms with Gasteiger partial charge in [-0.25, -0.2) is 4.39 Å². The minimum absolute atomic E-state index is 0.00612. The Morgan fingerprint density at radius 2 is 1.68 bits per heavy atom. The van der Waals surface area contributed by atoms with Crippen LogP contribution in [-0.4, -0.2) is 66.4 Å². The van der Waals surface area contributed by atoms with Crippen molar-refractivity contribution in [3.8, 4) is 0 Å². The Morgan fingerprint density at radius 3 is 2.21 bits per heavy atom. The van der Waals surface area contributed by atoms with E-state index in [-0.39, 0.29) is 34.3 Å². The minimum Gasteiger partial charge on any atom is -0.350 e. The molecule has 0 radical (unpaired) electrons. The number of hydrogen-bond donors (Lipinski definition) is 2. The topological polar surface area (TPSA) is 64.7 Å². The molecule has 0 bridgehead atoms. The molecule has 2 aliphatic heterocycles. The lowest BCUT2D eigenvalue weighted by molar-refractivity contribution is -0.142. The van der Waals surface area contributed by atoms with Crippen LogP contribution in [0.25, 0.3) is 0 Å². The average Bonchev–Trinajstić information content (AvgIpc) is 2.48. The Balaban J connectivity index is 1.15. The van der Waals surface area contributed by atoms with Gasteiger partial charge in [-0.15, -0.1) is 0 Å². The van der Waals surface area contributed by atoms with Crippen LogP contribution in [0.3, 0.4) is 0 Å². The Hall–Kier alpha value is -1.70. The molecule has 2 heterocycles. The van der Waals surface area contributed by atoms with Gasteiger partial charge in [-0.1, -0.05) is 11.6 Å². The number of hydrogen-bond acceptors (Lipinski definition) is 4. The average molecular weight is 409 g/mol. The molecule has 1 spiro atoms. The predicted molar refractivity (Wildman–Crippen MR) is 106 cm³/mol. The smallest absolute Gasteiger partial charge is 0.238 e. The van der Waals surface area contributed by atoms with E-state index in [1.807, 2.05) is 0 Å². The van der Waals surface area contributed by atoms with E-state index in [0.29, 0.717) is 12.2 Å². The third kappa shape index (κ3) is 4.31. The normalized spacial score (nSPS) is 22.7. The quantitative estimate of drug-likeness (QED) is 0.756. The van der Waals surface area contributed by atoms with E-state index in [1.54, 1.807) is 0 Å². The molecule has 1 aromatic carbocycles. The van der Waals surface area contributed by atoms with Gasteiger partial charge in [0.05, 0.1) is 13.1 Å². The summed E-state index contributed by atoms with van der Waals surface area (Å²) in [7, 11) is 0. The van der Waals surface area contributed by atoms with Crippen molar-refractivity contribution in [2.45, 2.75) is 31.7 Å². The van der Waals surface area contributed by atoms with Gasteiger partial charge in [0, 0.05) is 47.8 Å². The molecule has 1 aromatic rings. The van der Waals surface area contributed by atoms with Crippen molar-refractivity contribution < 1.29 is 14.0 Å². The lowest BCUT2D eigenvalue weighted by atomic mass is 9.72. The summed E-state index contributed by atoms with van der Waals surface area (Å²) in [5.41, 5.74) is 0.584. The third-order valence-corrected chi connectivity index (χ3v) is 6.23. The van der Waals surface area contributed by atoms with Gasteiger partial charge in [-0.05, 0) is 44.4 Å². The molecule has 1 aliphatic carbocycles. The molecule has 2 N–H and O–H groups in total. The number of halogens is 2. The number of anilines is 1. The van der Waals surface area contributed by atoms with Gasteiger partial charge in [0.2, 0.25) is 11.8 Å². The highest BCUT2D eigenvalue weighted by atomic mass is 35.5. The van der Waals surface area contributed by atoms with Crippen molar-refractivity contribution in [1.29, 1.82) is 0 Å². The van der Waals surface area contributed by atoms with Crippen molar-refractivity contribution in [3.05, 3.63) is 29.0 Å². The van der Waals surface area contributed by atoms with E-state index in [1.165, 1.54) is 24.6 Å². The number of likely N-dealkylation sites (tertiary alicyclic amines) is 2. The first-order valence-electron chi connectivity index (χ1n) is 9.74. The number of nitrogens with one attached hydrogen (secondary N) is 2. The first-order valence-corrected chi connectivity index (χ1v) is 10.1. The zero-order chi connectivity index (χ0) is 19.9. The Bertz CT molecular complexity index is 764. The maximum absolute atomic E-state index is 13.3. The molecule has 3 aliphatic rings. The zero-order valence-electron chi connectivity index (χ0n) is 16.1. The summed E-state index contributed by atoms with van der Waals surface area (Å²) in [6, 6.07) is 3.98. The van der Waals surface area contributed by atoms with Gasteiger partial charge in [0.25, 0.3) is 0 Å². The number of rotatable bonds is 6. The van der Waals surface area contributed by atoms with Crippen LogP contribution in [0.4, 0.5) is 10.1 Å². The second kappa shape index (κ2) is 7.28. The van der Waals surface area contributed by atoms with Crippen LogP contribution in [0.5, 0.6) is 0 Å². The fourth-order valence-electron chi connectivity index (χ4n) is 4.67. The van der Waals surface area contributed by atoms with Crippen molar-refractivity contribution >= 4 is 29.1 Å². The predicted octanol–water partition coefficient (Wildman–Crippen LogP) is 2.09. The van der Waals surface area contributed by atoms with E-state index in [4.69, 9.17) is 11.6 Å². The van der Waals surface area contributed by atoms with E-state index in [9.17, 15) is 14.0 Å².